The molecule has 21 heavy (non-hydrogen) atoms. The van der Waals surface area contributed by atoms with E-state index in [4.69, 9.17) is 0 Å². The summed E-state index contributed by atoms with van der Waals surface area (Å²) >= 11 is 1.25. The van der Waals surface area contributed by atoms with Gasteiger partial charge in [0.25, 0.3) is 0 Å². The first-order valence-corrected chi connectivity index (χ1v) is 7.52. The molecule has 2 aromatic rings. The van der Waals surface area contributed by atoms with Crippen LogP contribution in [0.15, 0.2) is 22.3 Å². The molecule has 0 aliphatic heterocycles. The minimum absolute atomic E-state index is 0.0529. The molecule has 1 fully saturated rings. The Hall–Kier alpha value is -2.09. The molecule has 0 atom stereocenters. The summed E-state index contributed by atoms with van der Waals surface area (Å²) < 4.78 is 2.10. The molecule has 2 heterocycles. The molecule has 0 spiro atoms. The summed E-state index contributed by atoms with van der Waals surface area (Å²) in [6.07, 6.45) is 5.86. The van der Waals surface area contributed by atoms with Gasteiger partial charge in [-0.25, -0.2) is 14.6 Å². The zero-order chi connectivity index (χ0) is 15.0. The number of aryl methyl sites for hydroxylation is 1. The highest BCUT2D eigenvalue weighted by Crippen LogP contribution is 2.37. The van der Waals surface area contributed by atoms with Crippen molar-refractivity contribution in [2.45, 2.75) is 36.6 Å². The standard InChI is InChI=1S/C13H14N4O3S/c1-7-10(12(18)19)11(16-13(20)15-7)21-5-9-4-14-6-17(9)8-2-3-8/h4,6,8H,2-3,5H2,1H3,(H,18,19)(H,15,16,20). The minimum Gasteiger partial charge on any atom is -0.478 e. The van der Waals surface area contributed by atoms with E-state index in [0.717, 1.165) is 18.5 Å². The lowest BCUT2D eigenvalue weighted by Crippen LogP contribution is -2.18. The summed E-state index contributed by atoms with van der Waals surface area (Å²) in [4.78, 5) is 33.1. The Labute approximate surface area is 124 Å². The lowest BCUT2D eigenvalue weighted by molar-refractivity contribution is 0.0690. The van der Waals surface area contributed by atoms with Crippen LogP contribution in [0.25, 0.3) is 0 Å². The van der Waals surface area contributed by atoms with Gasteiger partial charge in [0, 0.05) is 29.4 Å². The van der Waals surface area contributed by atoms with Crippen molar-refractivity contribution >= 4 is 17.7 Å². The Kier molecular flexibility index (Phi) is 3.54. The van der Waals surface area contributed by atoms with Crippen molar-refractivity contribution in [2.75, 3.05) is 0 Å². The van der Waals surface area contributed by atoms with Crippen molar-refractivity contribution in [3.05, 3.63) is 40.0 Å². The molecule has 0 unspecified atom stereocenters. The van der Waals surface area contributed by atoms with Gasteiger partial charge in [0.05, 0.1) is 6.33 Å². The number of thioether (sulfide) groups is 1. The van der Waals surface area contributed by atoms with Crippen molar-refractivity contribution in [1.82, 2.24) is 19.5 Å². The van der Waals surface area contributed by atoms with Gasteiger partial charge in [-0.1, -0.05) is 11.8 Å². The zero-order valence-corrected chi connectivity index (χ0v) is 12.2. The average Bonchev–Trinajstić information content (AvgIpc) is 3.14. The van der Waals surface area contributed by atoms with Gasteiger partial charge in [0.15, 0.2) is 0 Å². The third-order valence-corrected chi connectivity index (χ3v) is 4.35. The number of nitrogens with one attached hydrogen (secondary N) is 1. The second-order valence-corrected chi connectivity index (χ2v) is 5.93. The number of carboxylic acid groups (broad SMARTS) is 1. The summed E-state index contributed by atoms with van der Waals surface area (Å²) in [5.74, 6) is -0.554. The first-order chi connectivity index (χ1) is 10.1. The fourth-order valence-corrected chi connectivity index (χ4v) is 3.22. The van der Waals surface area contributed by atoms with E-state index in [0.29, 0.717) is 17.5 Å². The Morgan fingerprint density at radius 3 is 3.00 bits per heavy atom. The second-order valence-electron chi connectivity index (χ2n) is 4.96. The smallest absolute Gasteiger partial charge is 0.346 e. The molecular weight excluding hydrogens is 292 g/mol. The van der Waals surface area contributed by atoms with Crippen molar-refractivity contribution < 1.29 is 9.90 Å². The Bertz CT molecular complexity index is 748. The largest absolute Gasteiger partial charge is 0.478 e. The summed E-state index contributed by atoms with van der Waals surface area (Å²) in [5.41, 5.74) is 0.854. The first kappa shape index (κ1) is 13.9. The number of H-pyrrole nitrogens is 1. The minimum atomic E-state index is -1.09. The van der Waals surface area contributed by atoms with E-state index in [2.05, 4.69) is 19.5 Å². The summed E-state index contributed by atoms with van der Waals surface area (Å²) in [6, 6.07) is 0.510. The zero-order valence-electron chi connectivity index (χ0n) is 11.4. The summed E-state index contributed by atoms with van der Waals surface area (Å²) in [6.45, 7) is 1.56. The van der Waals surface area contributed by atoms with Gasteiger partial charge >= 0.3 is 11.7 Å². The molecule has 0 bridgehead atoms. The van der Waals surface area contributed by atoms with Crippen molar-refractivity contribution in [1.29, 1.82) is 0 Å². The topological polar surface area (TPSA) is 101 Å². The molecule has 0 radical (unpaired) electrons. The van der Waals surface area contributed by atoms with E-state index >= 15 is 0 Å². The van der Waals surface area contributed by atoms with Crippen LogP contribution in [0.4, 0.5) is 0 Å². The predicted molar refractivity (Wildman–Crippen MR) is 76.6 cm³/mol. The van der Waals surface area contributed by atoms with Crippen LogP contribution in [0.2, 0.25) is 0 Å². The number of carbonyl (C=O) groups is 1. The van der Waals surface area contributed by atoms with Gasteiger partial charge in [0.1, 0.15) is 10.6 Å². The normalized spacial score (nSPS) is 14.3. The number of nitrogens with zero attached hydrogens (tertiary/aromatic N) is 3. The number of hydrogen-bond donors (Lipinski definition) is 2. The number of imidazole rings is 1. The quantitative estimate of drug-likeness (QED) is 0.643. The molecule has 7 nitrogen and oxygen atoms in total. The molecule has 8 heteroatoms. The lowest BCUT2D eigenvalue weighted by atomic mass is 10.2. The maximum Gasteiger partial charge on any atom is 0.346 e. The highest BCUT2D eigenvalue weighted by molar-refractivity contribution is 7.98. The molecule has 0 amide bonds. The molecule has 0 aromatic carbocycles. The van der Waals surface area contributed by atoms with Gasteiger partial charge < -0.3 is 14.7 Å². The maximum atomic E-state index is 11.4. The fourth-order valence-electron chi connectivity index (χ4n) is 2.18. The van der Waals surface area contributed by atoms with Crippen LogP contribution in [0.3, 0.4) is 0 Å². The van der Waals surface area contributed by atoms with Crippen LogP contribution in [0, 0.1) is 6.92 Å². The Morgan fingerprint density at radius 1 is 1.57 bits per heavy atom. The number of rotatable bonds is 5. The molecule has 2 N–H and O–H groups in total. The molecule has 1 saturated carbocycles. The van der Waals surface area contributed by atoms with Gasteiger partial charge in [0.2, 0.25) is 0 Å². The average molecular weight is 306 g/mol. The molecule has 1 aliphatic rings. The van der Waals surface area contributed by atoms with E-state index in [1.165, 1.54) is 11.8 Å². The molecule has 0 saturated heterocycles. The van der Waals surface area contributed by atoms with Crippen molar-refractivity contribution in [3.63, 3.8) is 0 Å². The van der Waals surface area contributed by atoms with Crippen LogP contribution in [0.5, 0.6) is 0 Å². The van der Waals surface area contributed by atoms with Crippen LogP contribution in [-0.4, -0.2) is 30.6 Å². The number of hydrogen-bond acceptors (Lipinski definition) is 5. The molecule has 1 aliphatic carbocycles. The molecule has 2 aromatic heterocycles. The SMILES string of the molecule is Cc1[nH]c(=O)nc(SCc2cncn2C2CC2)c1C(=O)O. The van der Waals surface area contributed by atoms with E-state index in [-0.39, 0.29) is 10.6 Å². The van der Waals surface area contributed by atoms with E-state index in [1.54, 1.807) is 19.4 Å². The summed E-state index contributed by atoms with van der Waals surface area (Å²) in [7, 11) is 0. The van der Waals surface area contributed by atoms with Crippen molar-refractivity contribution in [2.24, 2.45) is 0 Å². The van der Waals surface area contributed by atoms with Gasteiger partial charge in [-0.05, 0) is 19.8 Å². The number of aromatic amines is 1. The van der Waals surface area contributed by atoms with Gasteiger partial charge in [-0.3, -0.25) is 0 Å². The Balaban J connectivity index is 1.86. The van der Waals surface area contributed by atoms with E-state index < -0.39 is 11.7 Å². The van der Waals surface area contributed by atoms with E-state index in [1.807, 2.05) is 0 Å². The van der Waals surface area contributed by atoms with Crippen LogP contribution < -0.4 is 5.69 Å². The highest BCUT2D eigenvalue weighted by Gasteiger charge is 2.25. The van der Waals surface area contributed by atoms with Crippen LogP contribution >= 0.6 is 11.8 Å². The van der Waals surface area contributed by atoms with E-state index in [9.17, 15) is 14.7 Å². The molecule has 3 rings (SSSR count). The summed E-state index contributed by atoms with van der Waals surface area (Å²) in [5, 5.41) is 9.50. The predicted octanol–water partition coefficient (Wildman–Crippen LogP) is 1.60. The van der Waals surface area contributed by atoms with Gasteiger partial charge in [-0.15, -0.1) is 0 Å². The maximum absolute atomic E-state index is 11.4. The third kappa shape index (κ3) is 2.85. The number of aromatic nitrogens is 4. The van der Waals surface area contributed by atoms with Crippen LogP contribution in [-0.2, 0) is 5.75 Å². The number of aromatic carboxylic acids is 1. The van der Waals surface area contributed by atoms with Crippen molar-refractivity contribution in [3.8, 4) is 0 Å². The second kappa shape index (κ2) is 5.36. The Morgan fingerprint density at radius 2 is 2.33 bits per heavy atom. The molecular formula is C13H14N4O3S. The van der Waals surface area contributed by atoms with Crippen LogP contribution in [0.1, 0.15) is 40.6 Å². The number of carboxylic acids is 1. The highest BCUT2D eigenvalue weighted by atomic mass is 32.2. The third-order valence-electron chi connectivity index (χ3n) is 3.34. The lowest BCUT2D eigenvalue weighted by Gasteiger charge is -2.08. The first-order valence-electron chi connectivity index (χ1n) is 6.54. The van der Waals surface area contributed by atoms with Gasteiger partial charge in [-0.2, -0.15) is 4.98 Å². The molecule has 110 valence electrons. The monoisotopic (exact) mass is 306 g/mol. The fraction of sp³-hybridized carbons (Fsp3) is 0.385.